The molecule has 0 aromatic carbocycles. The van der Waals surface area contributed by atoms with Crippen LogP contribution in [0.4, 0.5) is 0 Å². The molecular formula is C33H71N3O2. The highest BCUT2D eigenvalue weighted by molar-refractivity contribution is 4.69. The first-order chi connectivity index (χ1) is 18.5. The monoisotopic (exact) mass is 542 g/mol. The largest absolute Gasteiger partial charge is 0.392 e. The molecule has 0 aromatic heterocycles. The zero-order valence-corrected chi connectivity index (χ0v) is 26.5. The van der Waals surface area contributed by atoms with Gasteiger partial charge >= 0.3 is 0 Å². The molecule has 0 aliphatic carbocycles. The van der Waals surface area contributed by atoms with Gasteiger partial charge in [0.2, 0.25) is 0 Å². The summed E-state index contributed by atoms with van der Waals surface area (Å²) in [6, 6.07) is 0. The topological polar surface area (TPSA) is 67.8 Å². The summed E-state index contributed by atoms with van der Waals surface area (Å²) in [6.07, 6.45) is 25.8. The van der Waals surface area contributed by atoms with Gasteiger partial charge in [0.05, 0.1) is 12.2 Å². The minimum absolute atomic E-state index is 0.217. The molecule has 0 heterocycles. The van der Waals surface area contributed by atoms with E-state index in [0.717, 1.165) is 45.4 Å². The second-order valence-electron chi connectivity index (χ2n) is 12.1. The van der Waals surface area contributed by atoms with Gasteiger partial charge in [-0.25, -0.2) is 0 Å². The number of aliphatic hydroxyl groups excluding tert-OH is 2. The van der Waals surface area contributed by atoms with E-state index in [1.807, 2.05) is 0 Å². The molecule has 0 bridgehead atoms. The summed E-state index contributed by atoms with van der Waals surface area (Å²) in [7, 11) is 2.14. The van der Waals surface area contributed by atoms with E-state index in [-0.39, 0.29) is 12.2 Å². The number of unbranched alkanes of at least 4 members (excludes halogenated alkanes) is 16. The second kappa shape index (κ2) is 29.8. The molecule has 4 N–H and O–H groups in total. The second-order valence-corrected chi connectivity index (χ2v) is 12.1. The number of likely N-dealkylation sites (N-methyl/N-ethyl adjacent to an activating group) is 1. The molecule has 0 aliphatic rings. The Morgan fingerprint density at radius 1 is 0.553 bits per heavy atom. The number of nitrogens with zero attached hydrogens (tertiary/aromatic N) is 1. The molecule has 0 aliphatic heterocycles. The summed E-state index contributed by atoms with van der Waals surface area (Å²) in [5.74, 6) is 0.372. The van der Waals surface area contributed by atoms with Gasteiger partial charge in [0.1, 0.15) is 0 Å². The van der Waals surface area contributed by atoms with Crippen molar-refractivity contribution in [3.05, 3.63) is 0 Å². The van der Waals surface area contributed by atoms with Crippen molar-refractivity contribution < 1.29 is 10.2 Å². The molecule has 0 radical (unpaired) electrons. The van der Waals surface area contributed by atoms with Crippen molar-refractivity contribution in [3.63, 3.8) is 0 Å². The summed E-state index contributed by atoms with van der Waals surface area (Å²) in [5.41, 5.74) is 0. The Morgan fingerprint density at radius 2 is 0.947 bits per heavy atom. The van der Waals surface area contributed by atoms with Crippen LogP contribution in [-0.4, -0.2) is 73.6 Å². The lowest BCUT2D eigenvalue weighted by molar-refractivity contribution is 0.108. The zero-order chi connectivity index (χ0) is 28.1. The SMILES string of the molecule is CCCCCCCCCCCCC(O)CNCCN(C)CCNCC(O)C(C)CCCCCCCCCC. The van der Waals surface area contributed by atoms with Gasteiger partial charge in [0.15, 0.2) is 0 Å². The Morgan fingerprint density at radius 3 is 1.42 bits per heavy atom. The van der Waals surface area contributed by atoms with E-state index in [4.69, 9.17) is 0 Å². The number of nitrogens with one attached hydrogen (secondary N) is 2. The van der Waals surface area contributed by atoms with Crippen molar-refractivity contribution in [2.45, 2.75) is 161 Å². The quantitative estimate of drug-likeness (QED) is 0.0694. The average molecular weight is 542 g/mol. The zero-order valence-electron chi connectivity index (χ0n) is 26.5. The van der Waals surface area contributed by atoms with E-state index in [0.29, 0.717) is 19.0 Å². The van der Waals surface area contributed by atoms with Crippen molar-refractivity contribution in [2.24, 2.45) is 5.92 Å². The lowest BCUT2D eigenvalue weighted by Gasteiger charge is -2.21. The maximum absolute atomic E-state index is 10.4. The van der Waals surface area contributed by atoms with E-state index in [2.05, 4.69) is 43.4 Å². The first-order valence-electron chi connectivity index (χ1n) is 17.0. The Hall–Kier alpha value is -0.200. The van der Waals surface area contributed by atoms with Crippen LogP contribution in [0.1, 0.15) is 149 Å². The third-order valence-corrected chi connectivity index (χ3v) is 8.13. The fraction of sp³-hybridized carbons (Fsp3) is 1.00. The van der Waals surface area contributed by atoms with Crippen LogP contribution in [0.15, 0.2) is 0 Å². The van der Waals surface area contributed by atoms with Crippen LogP contribution in [0.3, 0.4) is 0 Å². The Balaban J connectivity index is 3.48. The van der Waals surface area contributed by atoms with Gasteiger partial charge in [0.25, 0.3) is 0 Å². The van der Waals surface area contributed by atoms with E-state index < -0.39 is 0 Å². The third-order valence-electron chi connectivity index (χ3n) is 8.13. The van der Waals surface area contributed by atoms with Crippen LogP contribution in [0.2, 0.25) is 0 Å². The third kappa shape index (κ3) is 27.4. The predicted octanol–water partition coefficient (Wildman–Crippen LogP) is 7.30. The van der Waals surface area contributed by atoms with Gasteiger partial charge in [-0.2, -0.15) is 0 Å². The van der Waals surface area contributed by atoms with Crippen LogP contribution in [-0.2, 0) is 0 Å². The highest BCUT2D eigenvalue weighted by Gasteiger charge is 2.13. The smallest absolute Gasteiger partial charge is 0.0690 e. The summed E-state index contributed by atoms with van der Waals surface area (Å²) in [6.45, 7) is 11.9. The van der Waals surface area contributed by atoms with Crippen LogP contribution in [0, 0.1) is 5.92 Å². The molecule has 5 nitrogen and oxygen atoms in total. The predicted molar refractivity (Wildman–Crippen MR) is 168 cm³/mol. The van der Waals surface area contributed by atoms with Gasteiger partial charge < -0.3 is 25.7 Å². The molecule has 0 saturated carbocycles. The molecule has 5 heteroatoms. The standard InChI is InChI=1S/C33H71N3O2/c1-5-7-9-11-13-15-16-18-20-22-24-32(37)29-34-25-27-36(4)28-26-35-30-33(38)31(3)23-21-19-17-14-12-10-8-6-2/h31-35,37-38H,5-30H2,1-4H3. The highest BCUT2D eigenvalue weighted by atomic mass is 16.3. The maximum Gasteiger partial charge on any atom is 0.0690 e. The van der Waals surface area contributed by atoms with Gasteiger partial charge in [0, 0.05) is 39.3 Å². The van der Waals surface area contributed by atoms with E-state index in [9.17, 15) is 10.2 Å². The number of hydrogen-bond donors (Lipinski definition) is 4. The molecule has 0 saturated heterocycles. The van der Waals surface area contributed by atoms with E-state index in [1.54, 1.807) is 0 Å². The van der Waals surface area contributed by atoms with Crippen molar-refractivity contribution in [1.29, 1.82) is 0 Å². The fourth-order valence-electron chi connectivity index (χ4n) is 5.13. The molecule has 3 unspecified atom stereocenters. The van der Waals surface area contributed by atoms with Crippen LogP contribution in [0.25, 0.3) is 0 Å². The summed E-state index contributed by atoms with van der Waals surface area (Å²) in [4.78, 5) is 2.31. The molecule has 3 atom stereocenters. The molecule has 0 fully saturated rings. The van der Waals surface area contributed by atoms with Crippen molar-refractivity contribution in [2.75, 3.05) is 46.3 Å². The first-order valence-corrected chi connectivity index (χ1v) is 17.0. The summed E-state index contributed by atoms with van der Waals surface area (Å²) >= 11 is 0. The summed E-state index contributed by atoms with van der Waals surface area (Å²) < 4.78 is 0. The van der Waals surface area contributed by atoms with Gasteiger partial charge in [-0.3, -0.25) is 0 Å². The molecule has 0 spiro atoms. The van der Waals surface area contributed by atoms with E-state index in [1.165, 1.54) is 109 Å². The Kier molecular flexibility index (Phi) is 29.6. The van der Waals surface area contributed by atoms with Gasteiger partial charge in [-0.1, -0.05) is 136 Å². The maximum atomic E-state index is 10.4. The lowest BCUT2D eigenvalue weighted by Crippen LogP contribution is -2.39. The van der Waals surface area contributed by atoms with Crippen molar-refractivity contribution in [3.8, 4) is 0 Å². The van der Waals surface area contributed by atoms with Crippen molar-refractivity contribution >= 4 is 0 Å². The normalized spacial score (nSPS) is 14.3. The highest BCUT2D eigenvalue weighted by Crippen LogP contribution is 2.15. The number of aliphatic hydroxyl groups is 2. The lowest BCUT2D eigenvalue weighted by atomic mass is 9.96. The van der Waals surface area contributed by atoms with Crippen LogP contribution < -0.4 is 10.6 Å². The number of rotatable bonds is 31. The minimum atomic E-state index is -0.247. The van der Waals surface area contributed by atoms with Gasteiger partial charge in [-0.05, 0) is 25.8 Å². The Labute approximate surface area is 239 Å². The Bertz CT molecular complexity index is 452. The van der Waals surface area contributed by atoms with Gasteiger partial charge in [-0.15, -0.1) is 0 Å². The summed E-state index contributed by atoms with van der Waals surface area (Å²) in [5, 5.41) is 27.5. The van der Waals surface area contributed by atoms with E-state index >= 15 is 0 Å². The molecule has 0 amide bonds. The molecule has 0 rings (SSSR count). The fourth-order valence-corrected chi connectivity index (χ4v) is 5.13. The first kappa shape index (κ1) is 37.8. The number of hydrogen-bond acceptors (Lipinski definition) is 5. The van der Waals surface area contributed by atoms with Crippen molar-refractivity contribution in [1.82, 2.24) is 15.5 Å². The van der Waals surface area contributed by atoms with Crippen LogP contribution in [0.5, 0.6) is 0 Å². The van der Waals surface area contributed by atoms with Crippen LogP contribution >= 0.6 is 0 Å². The average Bonchev–Trinajstić information content (AvgIpc) is 2.91. The molecule has 230 valence electrons. The minimum Gasteiger partial charge on any atom is -0.392 e. The molecular weight excluding hydrogens is 470 g/mol. The molecule has 0 aromatic rings. The molecule has 38 heavy (non-hydrogen) atoms.